The van der Waals surface area contributed by atoms with Crippen LogP contribution in [0.3, 0.4) is 0 Å². The molecule has 1 aromatic rings. The van der Waals surface area contributed by atoms with Crippen molar-refractivity contribution in [3.05, 3.63) is 11.1 Å². The summed E-state index contributed by atoms with van der Waals surface area (Å²) in [5, 5.41) is 5.80. The number of hydrogen-bond acceptors (Lipinski definition) is 4. The molecule has 0 saturated heterocycles. The molecule has 0 amide bonds. The molecule has 1 fully saturated rings. The van der Waals surface area contributed by atoms with Gasteiger partial charge in [-0.25, -0.2) is 4.98 Å². The fourth-order valence-electron chi connectivity index (χ4n) is 2.54. The van der Waals surface area contributed by atoms with E-state index in [1.165, 1.54) is 35.8 Å². The number of thioether (sulfide) groups is 1. The van der Waals surface area contributed by atoms with Crippen molar-refractivity contribution in [2.75, 3.05) is 12.3 Å². The van der Waals surface area contributed by atoms with Crippen molar-refractivity contribution < 1.29 is 0 Å². The fraction of sp³-hybridized carbons (Fsp3) is 0.769. The summed E-state index contributed by atoms with van der Waals surface area (Å²) >= 11 is 3.70. The Morgan fingerprint density at radius 3 is 2.88 bits per heavy atom. The summed E-state index contributed by atoms with van der Waals surface area (Å²) in [5.41, 5.74) is 1.15. The van der Waals surface area contributed by atoms with Gasteiger partial charge in [0.25, 0.3) is 0 Å². The highest BCUT2D eigenvalue weighted by Gasteiger charge is 2.24. The largest absolute Gasteiger partial charge is 0.313 e. The lowest BCUT2D eigenvalue weighted by atomic mass is 10.00. The van der Waals surface area contributed by atoms with Gasteiger partial charge in [0.15, 0.2) is 0 Å². The van der Waals surface area contributed by atoms with Gasteiger partial charge in [0.1, 0.15) is 4.34 Å². The maximum atomic E-state index is 4.52. The Bertz CT molecular complexity index is 332. The topological polar surface area (TPSA) is 24.9 Å². The lowest BCUT2D eigenvalue weighted by Crippen LogP contribution is -2.37. The molecule has 1 heterocycles. The molecule has 1 atom stereocenters. The Labute approximate surface area is 113 Å². The third kappa shape index (κ3) is 3.97. The van der Waals surface area contributed by atoms with Crippen molar-refractivity contribution in [2.45, 2.75) is 49.9 Å². The van der Waals surface area contributed by atoms with E-state index in [2.05, 4.69) is 29.5 Å². The van der Waals surface area contributed by atoms with Crippen LogP contribution >= 0.6 is 23.1 Å². The maximum absolute atomic E-state index is 4.52. The summed E-state index contributed by atoms with van der Waals surface area (Å²) in [6, 6.07) is 0.678. The molecule has 1 aliphatic carbocycles. The van der Waals surface area contributed by atoms with Gasteiger partial charge in [0.2, 0.25) is 0 Å². The Balaban J connectivity index is 1.84. The van der Waals surface area contributed by atoms with Crippen LogP contribution < -0.4 is 5.32 Å². The minimum absolute atomic E-state index is 0.678. The summed E-state index contributed by atoms with van der Waals surface area (Å²) in [5.74, 6) is 2.06. The standard InChI is InChI=1S/C13H22N2S2/c1-3-14-12(11-6-4-5-7-11)9-17-13-15-10(2)8-16-13/h8,11-12,14H,3-7,9H2,1-2H3. The summed E-state index contributed by atoms with van der Waals surface area (Å²) in [6.45, 7) is 5.36. The van der Waals surface area contributed by atoms with E-state index < -0.39 is 0 Å². The fourth-order valence-corrected chi connectivity index (χ4v) is 4.61. The summed E-state index contributed by atoms with van der Waals surface area (Å²) in [4.78, 5) is 4.52. The Kier molecular flexibility index (Phi) is 5.32. The molecule has 1 N–H and O–H groups in total. The van der Waals surface area contributed by atoms with Crippen LogP contribution in [0.4, 0.5) is 0 Å². The predicted octanol–water partition coefficient (Wildman–Crippen LogP) is 3.71. The highest BCUT2D eigenvalue weighted by Crippen LogP contribution is 2.31. The molecular weight excluding hydrogens is 248 g/mol. The van der Waals surface area contributed by atoms with Gasteiger partial charge >= 0.3 is 0 Å². The molecule has 0 bridgehead atoms. The second kappa shape index (κ2) is 6.76. The maximum Gasteiger partial charge on any atom is 0.150 e. The van der Waals surface area contributed by atoms with Crippen LogP contribution in [0.1, 0.15) is 38.3 Å². The lowest BCUT2D eigenvalue weighted by molar-refractivity contribution is 0.394. The number of nitrogens with one attached hydrogen (secondary N) is 1. The molecule has 1 aliphatic rings. The zero-order chi connectivity index (χ0) is 12.1. The van der Waals surface area contributed by atoms with E-state index in [4.69, 9.17) is 0 Å². The molecule has 1 saturated carbocycles. The van der Waals surface area contributed by atoms with Gasteiger partial charge in [-0.15, -0.1) is 11.3 Å². The van der Waals surface area contributed by atoms with Crippen LogP contribution in [0.5, 0.6) is 0 Å². The van der Waals surface area contributed by atoms with E-state index in [9.17, 15) is 0 Å². The molecule has 1 unspecified atom stereocenters. The van der Waals surface area contributed by atoms with E-state index in [-0.39, 0.29) is 0 Å². The van der Waals surface area contributed by atoms with Crippen molar-refractivity contribution in [1.29, 1.82) is 0 Å². The molecule has 1 aromatic heterocycles. The van der Waals surface area contributed by atoms with Crippen LogP contribution in [0.2, 0.25) is 0 Å². The zero-order valence-corrected chi connectivity index (χ0v) is 12.4. The van der Waals surface area contributed by atoms with Crippen LogP contribution in [0, 0.1) is 12.8 Å². The average Bonchev–Trinajstić information content (AvgIpc) is 2.95. The molecule has 17 heavy (non-hydrogen) atoms. The molecule has 0 radical (unpaired) electrons. The first-order valence-electron chi connectivity index (χ1n) is 6.58. The highest BCUT2D eigenvalue weighted by molar-refractivity contribution is 8.01. The zero-order valence-electron chi connectivity index (χ0n) is 10.7. The van der Waals surface area contributed by atoms with E-state index >= 15 is 0 Å². The average molecular weight is 270 g/mol. The van der Waals surface area contributed by atoms with Gasteiger partial charge in [-0.1, -0.05) is 31.5 Å². The Hall–Kier alpha value is -0.0600. The van der Waals surface area contributed by atoms with Gasteiger partial charge in [-0.05, 0) is 32.2 Å². The third-order valence-corrected chi connectivity index (χ3v) is 5.68. The highest BCUT2D eigenvalue weighted by atomic mass is 32.2. The van der Waals surface area contributed by atoms with Crippen LogP contribution in [-0.4, -0.2) is 23.3 Å². The van der Waals surface area contributed by atoms with E-state index in [1.54, 1.807) is 11.3 Å². The molecule has 0 aromatic carbocycles. The van der Waals surface area contributed by atoms with Crippen molar-refractivity contribution in [2.24, 2.45) is 5.92 Å². The Morgan fingerprint density at radius 2 is 2.29 bits per heavy atom. The second-order valence-electron chi connectivity index (χ2n) is 4.77. The van der Waals surface area contributed by atoms with Crippen molar-refractivity contribution in [3.63, 3.8) is 0 Å². The molecule has 2 nitrogen and oxygen atoms in total. The molecule has 0 spiro atoms. The van der Waals surface area contributed by atoms with Crippen LogP contribution in [0.25, 0.3) is 0 Å². The predicted molar refractivity (Wildman–Crippen MR) is 77.0 cm³/mol. The lowest BCUT2D eigenvalue weighted by Gasteiger charge is -2.23. The summed E-state index contributed by atoms with van der Waals surface area (Å²) in [7, 11) is 0. The van der Waals surface area contributed by atoms with Crippen molar-refractivity contribution in [3.8, 4) is 0 Å². The van der Waals surface area contributed by atoms with Gasteiger partial charge < -0.3 is 5.32 Å². The third-order valence-electron chi connectivity index (χ3n) is 3.42. The molecule has 2 rings (SSSR count). The number of aromatic nitrogens is 1. The van der Waals surface area contributed by atoms with E-state index in [1.807, 2.05) is 11.8 Å². The first kappa shape index (κ1) is 13.4. The minimum Gasteiger partial charge on any atom is -0.313 e. The SMILES string of the molecule is CCNC(CSc1nc(C)cs1)C1CCCC1. The summed E-state index contributed by atoms with van der Waals surface area (Å²) < 4.78 is 1.23. The van der Waals surface area contributed by atoms with Crippen molar-refractivity contribution >= 4 is 23.1 Å². The second-order valence-corrected chi connectivity index (χ2v) is 6.90. The first-order valence-corrected chi connectivity index (χ1v) is 8.44. The van der Waals surface area contributed by atoms with E-state index in [0.29, 0.717) is 6.04 Å². The van der Waals surface area contributed by atoms with E-state index in [0.717, 1.165) is 18.2 Å². The monoisotopic (exact) mass is 270 g/mol. The molecular formula is C13H22N2S2. The first-order chi connectivity index (χ1) is 8.29. The number of nitrogens with zero attached hydrogens (tertiary/aromatic N) is 1. The normalized spacial score (nSPS) is 18.7. The number of thiazole rings is 1. The van der Waals surface area contributed by atoms with Gasteiger partial charge in [0.05, 0.1) is 0 Å². The number of hydrogen-bond donors (Lipinski definition) is 1. The van der Waals surface area contributed by atoms with Gasteiger partial charge in [-0.3, -0.25) is 0 Å². The van der Waals surface area contributed by atoms with Crippen molar-refractivity contribution in [1.82, 2.24) is 10.3 Å². The number of aryl methyl sites for hydroxylation is 1. The quantitative estimate of drug-likeness (QED) is 0.798. The van der Waals surface area contributed by atoms with Crippen LogP contribution in [0.15, 0.2) is 9.72 Å². The molecule has 4 heteroatoms. The van der Waals surface area contributed by atoms with Crippen LogP contribution in [-0.2, 0) is 0 Å². The smallest absolute Gasteiger partial charge is 0.150 e. The summed E-state index contributed by atoms with van der Waals surface area (Å²) in [6.07, 6.45) is 5.67. The van der Waals surface area contributed by atoms with Gasteiger partial charge in [-0.2, -0.15) is 0 Å². The molecule has 0 aliphatic heterocycles. The molecule has 96 valence electrons. The minimum atomic E-state index is 0.678. The number of rotatable bonds is 6. The Morgan fingerprint density at radius 1 is 1.53 bits per heavy atom. The van der Waals surface area contributed by atoms with Gasteiger partial charge in [0, 0.05) is 22.9 Å².